The number of sulfone groups is 1. The Labute approximate surface area is 220 Å². The minimum absolute atomic E-state index is 0.0246. The molecule has 0 spiro atoms. The number of rotatable bonds is 8. The Morgan fingerprint density at radius 1 is 1.17 bits per heavy atom. The number of carbonyl (C=O) groups is 2. The number of halogens is 2. The third-order valence-corrected chi connectivity index (χ3v) is 9.04. The van der Waals surface area contributed by atoms with Crippen molar-refractivity contribution in [3.63, 3.8) is 0 Å². The van der Waals surface area contributed by atoms with E-state index in [-0.39, 0.29) is 37.7 Å². The normalized spacial score (nSPS) is 19.4. The lowest BCUT2D eigenvalue weighted by atomic mass is 9.94. The van der Waals surface area contributed by atoms with Crippen molar-refractivity contribution >= 4 is 44.8 Å². The number of hydrogen-bond donors (Lipinski definition) is 0. The summed E-state index contributed by atoms with van der Waals surface area (Å²) in [6.07, 6.45) is 0. The van der Waals surface area contributed by atoms with Gasteiger partial charge in [-0.15, -0.1) is 0 Å². The lowest BCUT2D eigenvalue weighted by Crippen LogP contribution is -2.38. The number of hydrogen-bond acceptors (Lipinski definition) is 8. The second-order valence-electron chi connectivity index (χ2n) is 8.91. The molecule has 8 nitrogen and oxygen atoms in total. The predicted octanol–water partition coefficient (Wildman–Crippen LogP) is 4.02. The molecule has 1 fully saturated rings. The molecule has 0 bridgehead atoms. The van der Waals surface area contributed by atoms with Crippen LogP contribution in [0.25, 0.3) is 0 Å². The number of carbonyl (C=O) groups excluding carboxylic acids is 2. The van der Waals surface area contributed by atoms with Crippen LogP contribution in [0.5, 0.6) is 5.75 Å². The molecule has 0 N–H and O–H groups in total. The van der Waals surface area contributed by atoms with E-state index < -0.39 is 33.4 Å². The molecule has 1 unspecified atom stereocenters. The number of Topliss-reactive ketones (excluding diaryl/α,β-unsaturated/α-hetero) is 1. The maximum absolute atomic E-state index is 13.1. The quantitative estimate of drug-likeness (QED) is 0.450. The van der Waals surface area contributed by atoms with Gasteiger partial charge in [-0.25, -0.2) is 13.2 Å². The highest BCUT2D eigenvalue weighted by atomic mass is 35.5. The molecular weight excluding hydrogens is 529 g/mol. The van der Waals surface area contributed by atoms with Crippen LogP contribution in [0, 0.1) is 0 Å². The first-order valence-corrected chi connectivity index (χ1v) is 13.9. The number of ether oxygens (including phenoxy) is 3. The first-order valence-electron chi connectivity index (χ1n) is 11.6. The molecule has 0 aromatic heterocycles. The summed E-state index contributed by atoms with van der Waals surface area (Å²) in [6, 6.07) is 7.75. The third-order valence-electron chi connectivity index (χ3n) is 6.29. The molecule has 2 aromatic carbocycles. The van der Waals surface area contributed by atoms with E-state index in [1.165, 1.54) is 12.1 Å². The fraction of sp³-hybridized carbons (Fsp3) is 0.440. The van der Waals surface area contributed by atoms with Gasteiger partial charge in [-0.3, -0.25) is 9.69 Å². The number of ketones is 1. The van der Waals surface area contributed by atoms with Gasteiger partial charge in [0.1, 0.15) is 24.5 Å². The van der Waals surface area contributed by atoms with Crippen LogP contribution in [0.2, 0.25) is 10.0 Å². The Morgan fingerprint density at radius 3 is 2.58 bits per heavy atom. The number of benzene rings is 2. The molecule has 1 saturated heterocycles. The van der Waals surface area contributed by atoms with Gasteiger partial charge in [-0.1, -0.05) is 49.2 Å². The summed E-state index contributed by atoms with van der Waals surface area (Å²) in [5.74, 6) is -1.32. The highest BCUT2D eigenvalue weighted by Gasteiger charge is 2.46. The Bertz CT molecular complexity index is 1270. The minimum Gasteiger partial charge on any atom is -0.491 e. The smallest absolute Gasteiger partial charge is 0.341 e. The van der Waals surface area contributed by atoms with E-state index >= 15 is 0 Å². The first kappa shape index (κ1) is 26.9. The van der Waals surface area contributed by atoms with Gasteiger partial charge in [0.2, 0.25) is 0 Å². The molecular formula is C25H27Cl2NO7S. The van der Waals surface area contributed by atoms with Gasteiger partial charge in [-0.2, -0.15) is 0 Å². The van der Waals surface area contributed by atoms with Gasteiger partial charge < -0.3 is 14.2 Å². The van der Waals surface area contributed by atoms with E-state index in [0.29, 0.717) is 31.9 Å². The summed E-state index contributed by atoms with van der Waals surface area (Å²) in [5, 5.41) is -1.54. The van der Waals surface area contributed by atoms with Crippen molar-refractivity contribution in [3.8, 4) is 5.75 Å². The Balaban J connectivity index is 1.46. The van der Waals surface area contributed by atoms with Crippen LogP contribution >= 0.6 is 23.2 Å². The molecule has 11 heteroatoms. The molecule has 2 aromatic rings. The van der Waals surface area contributed by atoms with Crippen molar-refractivity contribution in [2.75, 3.05) is 46.1 Å². The topological polar surface area (TPSA) is 99.2 Å². The van der Waals surface area contributed by atoms with Crippen molar-refractivity contribution in [1.29, 1.82) is 0 Å². The predicted molar refractivity (Wildman–Crippen MR) is 135 cm³/mol. The average molecular weight is 556 g/mol. The maximum atomic E-state index is 13.1. The molecule has 0 radical (unpaired) electrons. The largest absolute Gasteiger partial charge is 0.491 e. The maximum Gasteiger partial charge on any atom is 0.341 e. The average Bonchev–Trinajstić information content (AvgIpc) is 3.04. The summed E-state index contributed by atoms with van der Waals surface area (Å²) in [7, 11) is -4.01. The highest BCUT2D eigenvalue weighted by Crippen LogP contribution is 2.37. The van der Waals surface area contributed by atoms with Crippen molar-refractivity contribution in [1.82, 2.24) is 4.90 Å². The van der Waals surface area contributed by atoms with E-state index in [9.17, 15) is 18.0 Å². The zero-order chi connectivity index (χ0) is 26.0. The summed E-state index contributed by atoms with van der Waals surface area (Å²) in [6.45, 7) is 7.04. The number of fused-ring (bicyclic) bond motifs is 1. The van der Waals surface area contributed by atoms with Crippen LogP contribution in [0.1, 0.15) is 46.0 Å². The summed E-state index contributed by atoms with van der Waals surface area (Å²) in [4.78, 5) is 28.1. The summed E-state index contributed by atoms with van der Waals surface area (Å²) < 4.78 is 42.5. The summed E-state index contributed by atoms with van der Waals surface area (Å²) in [5.41, 5.74) is 0.661. The van der Waals surface area contributed by atoms with Crippen LogP contribution in [0.15, 0.2) is 35.2 Å². The standard InChI is InChI=1S/C25H27Cl2NO7S/c1-15(2)16-4-3-5-19-21(16)24(29)20(36(19,31)32)14-35-25(30)22-17(26)6-7-18(23(22)27)34-13-10-28-8-11-33-12-9-28/h3-7,15,20H,8-14H2,1-2H3. The molecule has 1 atom stereocenters. The van der Waals surface area contributed by atoms with E-state index in [2.05, 4.69) is 4.90 Å². The molecule has 36 heavy (non-hydrogen) atoms. The van der Waals surface area contributed by atoms with Crippen molar-refractivity contribution in [3.05, 3.63) is 57.1 Å². The van der Waals surface area contributed by atoms with Gasteiger partial charge in [0, 0.05) is 25.2 Å². The fourth-order valence-electron chi connectivity index (χ4n) is 4.32. The van der Waals surface area contributed by atoms with Crippen LogP contribution in [-0.2, 0) is 19.3 Å². The van der Waals surface area contributed by atoms with Crippen LogP contribution in [0.4, 0.5) is 0 Å². The molecule has 2 aliphatic heterocycles. The molecule has 0 amide bonds. The molecule has 2 heterocycles. The molecule has 4 rings (SSSR count). The first-order chi connectivity index (χ1) is 17.1. The van der Waals surface area contributed by atoms with Gasteiger partial charge in [0.15, 0.2) is 20.9 Å². The van der Waals surface area contributed by atoms with Gasteiger partial charge in [-0.05, 0) is 29.7 Å². The van der Waals surface area contributed by atoms with E-state index in [4.69, 9.17) is 37.4 Å². The molecule has 194 valence electrons. The number of nitrogens with zero attached hydrogens (tertiary/aromatic N) is 1. The summed E-state index contributed by atoms with van der Waals surface area (Å²) >= 11 is 12.6. The second-order valence-corrected chi connectivity index (χ2v) is 11.8. The fourth-order valence-corrected chi connectivity index (χ4v) is 6.62. The van der Waals surface area contributed by atoms with Crippen LogP contribution < -0.4 is 4.74 Å². The highest BCUT2D eigenvalue weighted by molar-refractivity contribution is 7.93. The number of morpholine rings is 1. The van der Waals surface area contributed by atoms with Crippen LogP contribution in [0.3, 0.4) is 0 Å². The molecule has 0 aliphatic carbocycles. The van der Waals surface area contributed by atoms with Crippen molar-refractivity contribution < 1.29 is 32.2 Å². The SMILES string of the molecule is CC(C)c1cccc2c1C(=O)C(COC(=O)c1c(Cl)ccc(OCCN3CCOCC3)c1Cl)S2(=O)=O. The third kappa shape index (κ3) is 5.26. The Kier molecular flexibility index (Phi) is 8.26. The van der Waals surface area contributed by atoms with Crippen LogP contribution in [-0.4, -0.2) is 76.4 Å². The van der Waals surface area contributed by atoms with E-state index in [1.807, 2.05) is 13.8 Å². The molecule has 2 aliphatic rings. The number of esters is 1. The zero-order valence-electron chi connectivity index (χ0n) is 20.0. The van der Waals surface area contributed by atoms with Crippen molar-refractivity contribution in [2.45, 2.75) is 29.9 Å². The van der Waals surface area contributed by atoms with Gasteiger partial charge in [0.25, 0.3) is 0 Å². The Morgan fingerprint density at radius 2 is 1.89 bits per heavy atom. The second kappa shape index (κ2) is 11.1. The monoisotopic (exact) mass is 555 g/mol. The van der Waals surface area contributed by atoms with Gasteiger partial charge in [0.05, 0.1) is 28.2 Å². The zero-order valence-corrected chi connectivity index (χ0v) is 22.3. The van der Waals surface area contributed by atoms with Gasteiger partial charge >= 0.3 is 5.97 Å². The van der Waals surface area contributed by atoms with E-state index in [0.717, 1.165) is 13.1 Å². The molecule has 0 saturated carbocycles. The minimum atomic E-state index is -4.01. The lowest BCUT2D eigenvalue weighted by molar-refractivity contribution is 0.0322. The van der Waals surface area contributed by atoms with E-state index in [1.54, 1.807) is 18.2 Å². The Hall–Kier alpha value is -2.17. The van der Waals surface area contributed by atoms with Crippen molar-refractivity contribution in [2.24, 2.45) is 0 Å². The lowest BCUT2D eigenvalue weighted by Gasteiger charge is -2.26.